The van der Waals surface area contributed by atoms with Crippen LogP contribution in [-0.2, 0) is 23.8 Å². The molecule has 0 N–H and O–H groups in total. The van der Waals surface area contributed by atoms with E-state index in [1.54, 1.807) is 62.4 Å². The van der Waals surface area contributed by atoms with E-state index in [0.717, 1.165) is 4.90 Å². The van der Waals surface area contributed by atoms with E-state index < -0.39 is 23.8 Å². The molecule has 0 saturated carbocycles. The highest BCUT2D eigenvalue weighted by Gasteiger charge is 2.43. The summed E-state index contributed by atoms with van der Waals surface area (Å²) < 4.78 is 16.2. The van der Waals surface area contributed by atoms with Gasteiger partial charge in [0.05, 0.1) is 55.9 Å². The third-order valence-electron chi connectivity index (χ3n) is 6.45. The van der Waals surface area contributed by atoms with Crippen molar-refractivity contribution in [2.45, 2.75) is 19.8 Å². The van der Waals surface area contributed by atoms with E-state index in [4.69, 9.17) is 25.8 Å². The Balaban J connectivity index is 1.60. The van der Waals surface area contributed by atoms with Gasteiger partial charge in [0.1, 0.15) is 5.92 Å². The summed E-state index contributed by atoms with van der Waals surface area (Å²) in [5.41, 5.74) is 2.22. The summed E-state index contributed by atoms with van der Waals surface area (Å²) in [4.78, 5) is 56.9. The zero-order chi connectivity index (χ0) is 27.4. The van der Waals surface area contributed by atoms with E-state index >= 15 is 0 Å². The van der Waals surface area contributed by atoms with Crippen molar-refractivity contribution < 1.29 is 33.4 Å². The molecule has 2 aromatic rings. The molecule has 0 bridgehead atoms. The minimum Gasteiger partial charge on any atom is -0.468 e. The largest absolute Gasteiger partial charge is 0.468 e. The molecule has 4 rings (SSSR count). The number of amides is 2. The number of aliphatic imine (C=N–C) groups is 1. The highest BCUT2D eigenvalue weighted by molar-refractivity contribution is 6.30. The summed E-state index contributed by atoms with van der Waals surface area (Å²) in [5.74, 6) is -3.60. The van der Waals surface area contributed by atoms with Gasteiger partial charge in [0.15, 0.2) is 0 Å². The van der Waals surface area contributed by atoms with Crippen molar-refractivity contribution >= 4 is 41.1 Å². The van der Waals surface area contributed by atoms with Gasteiger partial charge in [0.2, 0.25) is 0 Å². The van der Waals surface area contributed by atoms with Crippen molar-refractivity contribution in [3.05, 3.63) is 81.5 Å². The fourth-order valence-corrected chi connectivity index (χ4v) is 4.95. The van der Waals surface area contributed by atoms with E-state index in [-0.39, 0.29) is 49.4 Å². The number of carbonyl (C=O) groups is 4. The van der Waals surface area contributed by atoms with E-state index in [9.17, 15) is 19.2 Å². The molecule has 0 saturated heterocycles. The minimum atomic E-state index is -0.875. The lowest BCUT2D eigenvalue weighted by molar-refractivity contribution is -0.144. The second-order valence-corrected chi connectivity index (χ2v) is 9.16. The van der Waals surface area contributed by atoms with Crippen molar-refractivity contribution in [3.63, 3.8) is 0 Å². The topological polar surface area (TPSA) is 112 Å². The molecular weight excluding hydrogens is 512 g/mol. The molecule has 0 aliphatic carbocycles. The third kappa shape index (κ3) is 5.25. The molecule has 198 valence electrons. The number of benzene rings is 2. The molecule has 0 spiro atoms. The summed E-state index contributed by atoms with van der Waals surface area (Å²) in [6.45, 7) is 3.41. The van der Waals surface area contributed by atoms with Gasteiger partial charge in [-0.05, 0) is 43.7 Å². The maximum atomic E-state index is 13.2. The smallest absolute Gasteiger partial charge is 0.336 e. The van der Waals surface area contributed by atoms with Gasteiger partial charge in [0.25, 0.3) is 11.8 Å². The minimum absolute atomic E-state index is 0.0158. The van der Waals surface area contributed by atoms with Crippen LogP contribution in [0.25, 0.3) is 0 Å². The molecule has 2 amide bonds. The molecule has 0 aromatic heterocycles. The zero-order valence-electron chi connectivity index (χ0n) is 21.2. The summed E-state index contributed by atoms with van der Waals surface area (Å²) in [6, 6.07) is 13.5. The van der Waals surface area contributed by atoms with Crippen LogP contribution >= 0.6 is 11.6 Å². The summed E-state index contributed by atoms with van der Waals surface area (Å²) in [7, 11) is 1.27. The third-order valence-corrected chi connectivity index (χ3v) is 6.69. The van der Waals surface area contributed by atoms with Crippen LogP contribution in [0.5, 0.6) is 0 Å². The summed E-state index contributed by atoms with van der Waals surface area (Å²) >= 11 is 6.25. The van der Waals surface area contributed by atoms with Crippen LogP contribution in [-0.4, -0.2) is 67.8 Å². The number of halogens is 1. The van der Waals surface area contributed by atoms with E-state index in [2.05, 4.69) is 4.99 Å². The Labute approximate surface area is 225 Å². The number of hydrogen-bond donors (Lipinski definition) is 0. The lowest BCUT2D eigenvalue weighted by atomic mass is 9.75. The van der Waals surface area contributed by atoms with Gasteiger partial charge in [-0.3, -0.25) is 24.3 Å². The molecule has 2 heterocycles. The summed E-state index contributed by atoms with van der Waals surface area (Å²) in [6.07, 6.45) is 0. The highest BCUT2D eigenvalue weighted by Crippen LogP contribution is 2.41. The normalized spacial score (nSPS) is 18.8. The van der Waals surface area contributed by atoms with Crippen molar-refractivity contribution in [1.82, 2.24) is 4.90 Å². The number of fused-ring (bicyclic) bond motifs is 1. The average molecular weight is 539 g/mol. The number of esters is 2. The average Bonchev–Trinajstić information content (AvgIpc) is 3.15. The van der Waals surface area contributed by atoms with Gasteiger partial charge in [-0.2, -0.15) is 0 Å². The number of ether oxygens (including phenoxy) is 3. The molecule has 0 fully saturated rings. The Bertz CT molecular complexity index is 1320. The molecule has 0 radical (unpaired) electrons. The van der Waals surface area contributed by atoms with Gasteiger partial charge >= 0.3 is 11.9 Å². The standard InChI is InChI=1S/C28H27ClN2O7/c1-4-38-28(35)24-21(15-37-13-12-31-25(32)19-10-5-6-11-20(19)26(31)33)30-16(2)22(27(34)36-3)23(24)17-8-7-9-18(29)14-17/h5-11,14,22-23H,4,12-13,15H2,1-3H3. The first kappa shape index (κ1) is 27.2. The van der Waals surface area contributed by atoms with E-state index in [0.29, 0.717) is 27.4 Å². The van der Waals surface area contributed by atoms with E-state index in [1.165, 1.54) is 7.11 Å². The van der Waals surface area contributed by atoms with Crippen LogP contribution in [0.1, 0.15) is 46.0 Å². The van der Waals surface area contributed by atoms with Crippen LogP contribution in [0.4, 0.5) is 0 Å². The van der Waals surface area contributed by atoms with Crippen LogP contribution < -0.4 is 0 Å². The van der Waals surface area contributed by atoms with Crippen LogP contribution in [0.15, 0.2) is 64.8 Å². The number of carbonyl (C=O) groups excluding carboxylic acids is 4. The second-order valence-electron chi connectivity index (χ2n) is 8.73. The first-order valence-corrected chi connectivity index (χ1v) is 12.5. The fourth-order valence-electron chi connectivity index (χ4n) is 4.75. The van der Waals surface area contributed by atoms with Gasteiger partial charge in [-0.1, -0.05) is 35.9 Å². The van der Waals surface area contributed by atoms with Gasteiger partial charge < -0.3 is 14.2 Å². The first-order valence-electron chi connectivity index (χ1n) is 12.1. The quantitative estimate of drug-likeness (QED) is 0.271. The molecule has 2 unspecified atom stereocenters. The molecule has 38 heavy (non-hydrogen) atoms. The van der Waals surface area contributed by atoms with Crippen molar-refractivity contribution in [2.75, 3.05) is 33.5 Å². The molecular formula is C28H27ClN2O7. The number of nitrogens with zero attached hydrogens (tertiary/aromatic N) is 2. The molecule has 2 aliphatic heterocycles. The van der Waals surface area contributed by atoms with Gasteiger partial charge in [-0.15, -0.1) is 0 Å². The maximum Gasteiger partial charge on any atom is 0.336 e. The lowest BCUT2D eigenvalue weighted by Gasteiger charge is -2.32. The number of methoxy groups -OCH3 is 1. The SMILES string of the molecule is CCOC(=O)C1=C(COCCN2C(=O)c3ccccc3C2=O)N=C(C)C(C(=O)OC)C1c1cccc(Cl)c1. The number of rotatable bonds is 9. The molecule has 2 aromatic carbocycles. The Morgan fingerprint density at radius 1 is 1.05 bits per heavy atom. The molecule has 2 atom stereocenters. The van der Waals surface area contributed by atoms with E-state index in [1.807, 2.05) is 0 Å². The first-order chi connectivity index (χ1) is 18.3. The Hall–Kier alpha value is -3.82. The second kappa shape index (κ2) is 11.7. The monoisotopic (exact) mass is 538 g/mol. The van der Waals surface area contributed by atoms with Crippen LogP contribution in [0.2, 0.25) is 5.02 Å². The van der Waals surface area contributed by atoms with Gasteiger partial charge in [0, 0.05) is 16.7 Å². The van der Waals surface area contributed by atoms with Gasteiger partial charge in [-0.25, -0.2) is 4.79 Å². The van der Waals surface area contributed by atoms with Crippen molar-refractivity contribution in [2.24, 2.45) is 10.9 Å². The summed E-state index contributed by atoms with van der Waals surface area (Å²) in [5, 5.41) is 0.438. The predicted molar refractivity (Wildman–Crippen MR) is 139 cm³/mol. The number of hydrogen-bond acceptors (Lipinski definition) is 8. The van der Waals surface area contributed by atoms with Crippen molar-refractivity contribution in [3.8, 4) is 0 Å². The van der Waals surface area contributed by atoms with Crippen molar-refractivity contribution in [1.29, 1.82) is 0 Å². The Morgan fingerprint density at radius 3 is 2.34 bits per heavy atom. The van der Waals surface area contributed by atoms with Crippen LogP contribution in [0.3, 0.4) is 0 Å². The molecule has 2 aliphatic rings. The Kier molecular flexibility index (Phi) is 8.38. The maximum absolute atomic E-state index is 13.2. The molecule has 10 heteroatoms. The fraction of sp³-hybridized carbons (Fsp3) is 0.321. The highest BCUT2D eigenvalue weighted by atomic mass is 35.5. The lowest BCUT2D eigenvalue weighted by Crippen LogP contribution is -2.37. The van der Waals surface area contributed by atoms with Crippen LogP contribution in [0, 0.1) is 5.92 Å². The number of imide groups is 1. The Morgan fingerprint density at radius 2 is 1.74 bits per heavy atom. The zero-order valence-corrected chi connectivity index (χ0v) is 22.0. The predicted octanol–water partition coefficient (Wildman–Crippen LogP) is 3.82. The molecule has 9 nitrogen and oxygen atoms in total.